The maximum absolute atomic E-state index is 6.29. The molecule has 28 heavy (non-hydrogen) atoms. The number of ether oxygens (including phenoxy) is 1. The van der Waals surface area contributed by atoms with Crippen molar-refractivity contribution < 1.29 is 9.15 Å². The molecule has 4 aromatic rings. The van der Waals surface area contributed by atoms with Gasteiger partial charge in [0.05, 0.1) is 23.9 Å². The molecule has 0 fully saturated rings. The van der Waals surface area contributed by atoms with E-state index in [2.05, 4.69) is 26.8 Å². The molecule has 0 aliphatic rings. The first-order chi connectivity index (χ1) is 13.5. The van der Waals surface area contributed by atoms with Crippen LogP contribution in [0.1, 0.15) is 55.1 Å². The van der Waals surface area contributed by atoms with Crippen LogP contribution >= 0.6 is 0 Å². The van der Waals surface area contributed by atoms with Crippen molar-refractivity contribution in [2.75, 3.05) is 7.11 Å². The molecule has 0 aliphatic heterocycles. The number of rotatable bonds is 5. The number of benzene rings is 1. The van der Waals surface area contributed by atoms with Crippen LogP contribution in [-0.2, 0) is 0 Å². The van der Waals surface area contributed by atoms with E-state index in [-0.39, 0.29) is 0 Å². The highest BCUT2D eigenvalue weighted by Gasteiger charge is 2.24. The van der Waals surface area contributed by atoms with Gasteiger partial charge in [0.25, 0.3) is 0 Å². The zero-order valence-electron chi connectivity index (χ0n) is 17.5. The van der Waals surface area contributed by atoms with Crippen molar-refractivity contribution in [3.8, 4) is 17.2 Å². The molecule has 5 nitrogen and oxygen atoms in total. The van der Waals surface area contributed by atoms with Crippen molar-refractivity contribution in [1.82, 2.24) is 14.6 Å². The first kappa shape index (κ1) is 18.5. The van der Waals surface area contributed by atoms with E-state index in [4.69, 9.17) is 19.2 Å². The second-order valence-corrected chi connectivity index (χ2v) is 7.43. The van der Waals surface area contributed by atoms with Gasteiger partial charge in [-0.1, -0.05) is 19.9 Å². The van der Waals surface area contributed by atoms with E-state index in [1.165, 1.54) is 5.56 Å². The molecule has 4 rings (SSSR count). The number of nitrogens with zero attached hydrogens (tertiary/aromatic N) is 3. The third-order valence-electron chi connectivity index (χ3n) is 5.69. The maximum atomic E-state index is 6.29. The quantitative estimate of drug-likeness (QED) is 0.429. The van der Waals surface area contributed by atoms with Crippen molar-refractivity contribution in [2.45, 2.75) is 53.4 Å². The van der Waals surface area contributed by atoms with Gasteiger partial charge in [0.2, 0.25) is 0 Å². The highest BCUT2D eigenvalue weighted by molar-refractivity contribution is 5.92. The Morgan fingerprint density at radius 3 is 2.57 bits per heavy atom. The predicted octanol–water partition coefficient (Wildman–Crippen LogP) is 5.98. The lowest BCUT2D eigenvalue weighted by Gasteiger charge is -2.14. The summed E-state index contributed by atoms with van der Waals surface area (Å²) in [5.74, 6) is 2.09. The summed E-state index contributed by atoms with van der Waals surface area (Å²) in [6, 6.07) is 8.06. The van der Waals surface area contributed by atoms with Crippen LogP contribution in [0.3, 0.4) is 0 Å². The fourth-order valence-electron chi connectivity index (χ4n) is 4.23. The fourth-order valence-corrected chi connectivity index (χ4v) is 4.23. The van der Waals surface area contributed by atoms with Crippen LogP contribution < -0.4 is 4.74 Å². The Hall–Kier alpha value is -2.82. The van der Waals surface area contributed by atoms with Crippen molar-refractivity contribution in [3.05, 3.63) is 46.8 Å². The maximum Gasteiger partial charge on any atom is 0.158 e. The molecule has 3 heterocycles. The van der Waals surface area contributed by atoms with E-state index in [0.717, 1.165) is 63.6 Å². The van der Waals surface area contributed by atoms with Gasteiger partial charge in [-0.25, -0.2) is 9.50 Å². The molecule has 0 spiro atoms. The molecule has 0 N–H and O–H groups in total. The van der Waals surface area contributed by atoms with Gasteiger partial charge in [0, 0.05) is 11.1 Å². The minimum Gasteiger partial charge on any atom is -0.496 e. The van der Waals surface area contributed by atoms with Crippen LogP contribution in [0.25, 0.3) is 28.1 Å². The lowest BCUT2D eigenvalue weighted by molar-refractivity contribution is 0.419. The van der Waals surface area contributed by atoms with Crippen molar-refractivity contribution in [1.29, 1.82) is 0 Å². The summed E-state index contributed by atoms with van der Waals surface area (Å²) in [5.41, 5.74) is 6.88. The summed E-state index contributed by atoms with van der Waals surface area (Å²) in [6.45, 7) is 10.6. The topological polar surface area (TPSA) is 52.6 Å². The Kier molecular flexibility index (Phi) is 4.61. The van der Waals surface area contributed by atoms with Gasteiger partial charge < -0.3 is 9.15 Å². The predicted molar refractivity (Wildman–Crippen MR) is 112 cm³/mol. The van der Waals surface area contributed by atoms with E-state index in [1.54, 1.807) is 7.11 Å². The molecular weight excluding hydrogens is 350 g/mol. The van der Waals surface area contributed by atoms with Crippen LogP contribution in [0.15, 0.2) is 28.7 Å². The van der Waals surface area contributed by atoms with E-state index in [1.807, 2.05) is 36.6 Å². The molecule has 146 valence electrons. The van der Waals surface area contributed by atoms with Crippen LogP contribution in [0, 0.1) is 20.8 Å². The molecule has 0 radical (unpaired) electrons. The smallest absolute Gasteiger partial charge is 0.158 e. The van der Waals surface area contributed by atoms with Gasteiger partial charge in [0.1, 0.15) is 17.0 Å². The minimum absolute atomic E-state index is 0.468. The van der Waals surface area contributed by atoms with E-state index in [9.17, 15) is 0 Å². The molecule has 0 saturated heterocycles. The summed E-state index contributed by atoms with van der Waals surface area (Å²) in [6.07, 6.45) is 2.16. The van der Waals surface area contributed by atoms with Crippen LogP contribution in [0.2, 0.25) is 0 Å². The average molecular weight is 377 g/mol. The number of aryl methyl sites for hydroxylation is 3. The number of aromatic nitrogens is 3. The van der Waals surface area contributed by atoms with Gasteiger partial charge >= 0.3 is 0 Å². The number of fused-ring (bicyclic) bond motifs is 2. The molecule has 3 aromatic heterocycles. The van der Waals surface area contributed by atoms with Crippen LogP contribution in [0.5, 0.6) is 5.75 Å². The number of imidazole rings is 1. The molecule has 0 aliphatic carbocycles. The van der Waals surface area contributed by atoms with Gasteiger partial charge in [-0.05, 0) is 57.7 Å². The molecule has 0 unspecified atom stereocenters. The Balaban J connectivity index is 2.04. The lowest BCUT2D eigenvalue weighted by atomic mass is 9.95. The van der Waals surface area contributed by atoms with Crippen molar-refractivity contribution >= 4 is 16.6 Å². The number of hydrogen-bond acceptors (Lipinski definition) is 4. The first-order valence-corrected chi connectivity index (χ1v) is 9.93. The summed E-state index contributed by atoms with van der Waals surface area (Å²) in [4.78, 5) is 4.91. The fraction of sp³-hybridized carbons (Fsp3) is 0.391. The van der Waals surface area contributed by atoms with Crippen LogP contribution in [-0.4, -0.2) is 21.7 Å². The molecule has 0 amide bonds. The van der Waals surface area contributed by atoms with Gasteiger partial charge in [-0.3, -0.25) is 0 Å². The Morgan fingerprint density at radius 1 is 1.14 bits per heavy atom. The zero-order chi connectivity index (χ0) is 20.0. The molecule has 0 saturated carbocycles. The average Bonchev–Trinajstić information content (AvgIpc) is 3.18. The van der Waals surface area contributed by atoms with Crippen LogP contribution in [0.4, 0.5) is 0 Å². The van der Waals surface area contributed by atoms with Crippen molar-refractivity contribution in [3.63, 3.8) is 0 Å². The third-order valence-corrected chi connectivity index (χ3v) is 5.69. The molecular formula is C23H27N3O2. The van der Waals surface area contributed by atoms with E-state index < -0.39 is 0 Å². The third kappa shape index (κ3) is 2.68. The zero-order valence-corrected chi connectivity index (χ0v) is 17.5. The number of furan rings is 1. The normalized spacial score (nSPS) is 11.8. The van der Waals surface area contributed by atoms with Gasteiger partial charge in [-0.15, -0.1) is 0 Å². The molecule has 5 heteroatoms. The minimum atomic E-state index is 0.468. The second kappa shape index (κ2) is 6.97. The summed E-state index contributed by atoms with van der Waals surface area (Å²) in [5, 5.41) is 5.80. The SMILES string of the molecule is CCC(CC)c1cc(C)nn2c(-c3oc4cccc(OC)c4c3C)c(C)nc12. The first-order valence-electron chi connectivity index (χ1n) is 9.93. The molecule has 0 bridgehead atoms. The van der Waals surface area contributed by atoms with Gasteiger partial charge in [0.15, 0.2) is 11.4 Å². The van der Waals surface area contributed by atoms with E-state index in [0.29, 0.717) is 5.92 Å². The largest absolute Gasteiger partial charge is 0.496 e. The highest BCUT2D eigenvalue weighted by atomic mass is 16.5. The molecule has 0 atom stereocenters. The summed E-state index contributed by atoms with van der Waals surface area (Å²) in [7, 11) is 1.69. The Bertz CT molecular complexity index is 1170. The Labute approximate surface area is 165 Å². The number of methoxy groups -OCH3 is 1. The van der Waals surface area contributed by atoms with Gasteiger partial charge in [-0.2, -0.15) is 5.10 Å². The molecule has 1 aromatic carbocycles. The Morgan fingerprint density at radius 2 is 1.89 bits per heavy atom. The van der Waals surface area contributed by atoms with E-state index >= 15 is 0 Å². The monoisotopic (exact) mass is 377 g/mol. The summed E-state index contributed by atoms with van der Waals surface area (Å²) < 4.78 is 13.8. The lowest BCUT2D eigenvalue weighted by Crippen LogP contribution is -2.05. The summed E-state index contributed by atoms with van der Waals surface area (Å²) >= 11 is 0. The second-order valence-electron chi connectivity index (χ2n) is 7.43. The van der Waals surface area contributed by atoms with Crippen molar-refractivity contribution in [2.24, 2.45) is 0 Å². The number of hydrogen-bond donors (Lipinski definition) is 0. The standard InChI is InChI=1S/C23H27N3O2/c1-7-16(8-2)17-12-13(3)25-26-21(15(5)24-23(17)26)22-14(4)20-18(27-6)10-9-11-19(20)28-22/h9-12,16H,7-8H2,1-6H3. The highest BCUT2D eigenvalue weighted by Crippen LogP contribution is 2.40.